The Bertz CT molecular complexity index is 1580. The number of hydrogen-bond donors (Lipinski definition) is 2. The first-order valence-corrected chi connectivity index (χ1v) is 14.1. The average Bonchev–Trinajstić information content (AvgIpc) is 3.70. The summed E-state index contributed by atoms with van der Waals surface area (Å²) in [5, 5.41) is 21.8. The first-order chi connectivity index (χ1) is 20.9. The molecule has 0 spiro atoms. The van der Waals surface area contributed by atoms with Gasteiger partial charge in [0.25, 0.3) is 0 Å². The third-order valence-electron chi connectivity index (χ3n) is 7.25. The molecule has 0 bridgehead atoms. The van der Waals surface area contributed by atoms with Crippen LogP contribution in [0.15, 0.2) is 60.7 Å². The highest BCUT2D eigenvalue weighted by atomic mass is 16.5. The fraction of sp³-hybridized carbons (Fsp3) is 0.355. The van der Waals surface area contributed by atoms with Crippen molar-refractivity contribution >= 4 is 28.5 Å². The van der Waals surface area contributed by atoms with Gasteiger partial charge in [0.2, 0.25) is 11.8 Å². The topological polar surface area (TPSA) is 137 Å². The van der Waals surface area contributed by atoms with Gasteiger partial charge in [-0.25, -0.2) is 4.68 Å². The van der Waals surface area contributed by atoms with Crippen molar-refractivity contribution in [1.29, 1.82) is 0 Å². The Labute approximate surface area is 249 Å². The van der Waals surface area contributed by atoms with E-state index < -0.39 is 17.9 Å². The summed E-state index contributed by atoms with van der Waals surface area (Å²) in [4.78, 5) is 29.9. The summed E-state index contributed by atoms with van der Waals surface area (Å²) in [6.45, 7) is 2.81. The van der Waals surface area contributed by atoms with Crippen LogP contribution in [0.1, 0.15) is 31.4 Å². The number of aromatic nitrogens is 3. The van der Waals surface area contributed by atoms with Crippen molar-refractivity contribution in [2.75, 3.05) is 38.9 Å². The predicted molar refractivity (Wildman–Crippen MR) is 159 cm³/mol. The maximum atomic E-state index is 14.3. The van der Waals surface area contributed by atoms with Crippen molar-refractivity contribution in [1.82, 2.24) is 20.3 Å². The molecular weight excluding hydrogens is 554 g/mol. The first-order valence-electron chi connectivity index (χ1n) is 14.1. The van der Waals surface area contributed by atoms with E-state index in [9.17, 15) is 14.7 Å². The molecular formula is C31H35N5O7. The van der Waals surface area contributed by atoms with E-state index in [-0.39, 0.29) is 30.7 Å². The number of phenolic OH excluding ortho intramolecular Hbond substituents is 1. The molecule has 12 heteroatoms. The molecule has 0 radical (unpaired) electrons. The number of benzene rings is 3. The van der Waals surface area contributed by atoms with Crippen molar-refractivity contribution in [3.05, 3.63) is 66.2 Å². The molecule has 12 nitrogen and oxygen atoms in total. The fourth-order valence-electron chi connectivity index (χ4n) is 5.16. The molecule has 0 aliphatic carbocycles. The van der Waals surface area contributed by atoms with Crippen LogP contribution >= 0.6 is 0 Å². The zero-order chi connectivity index (χ0) is 30.3. The average molecular weight is 590 g/mol. The highest BCUT2D eigenvalue weighted by molar-refractivity contribution is 6.02. The monoisotopic (exact) mass is 589 g/mol. The molecule has 1 fully saturated rings. The number of phenols is 1. The first kappa shape index (κ1) is 29.6. The van der Waals surface area contributed by atoms with E-state index in [0.717, 1.165) is 12.8 Å². The van der Waals surface area contributed by atoms with Gasteiger partial charge in [-0.05, 0) is 61.7 Å². The van der Waals surface area contributed by atoms with Crippen LogP contribution in [0.25, 0.3) is 11.0 Å². The van der Waals surface area contributed by atoms with Crippen molar-refractivity contribution in [2.24, 2.45) is 0 Å². The number of nitrogens with one attached hydrogen (secondary N) is 1. The van der Waals surface area contributed by atoms with Gasteiger partial charge in [0.05, 0.1) is 32.4 Å². The Morgan fingerprint density at radius 3 is 2.65 bits per heavy atom. The normalized spacial score (nSPS) is 15.2. The number of anilines is 1. The largest absolute Gasteiger partial charge is 0.504 e. The number of fused-ring (bicyclic) bond motifs is 1. The number of amides is 2. The van der Waals surface area contributed by atoms with Gasteiger partial charge in [-0.3, -0.25) is 14.5 Å². The molecule has 4 aromatic rings. The lowest BCUT2D eigenvalue weighted by Gasteiger charge is -2.32. The molecule has 5 rings (SSSR count). The molecule has 1 aromatic heterocycles. The summed E-state index contributed by atoms with van der Waals surface area (Å²) in [6.07, 6.45) is 1.63. The van der Waals surface area contributed by atoms with E-state index in [4.69, 9.17) is 18.9 Å². The van der Waals surface area contributed by atoms with Gasteiger partial charge in [0.15, 0.2) is 23.0 Å². The number of aromatic hydroxyl groups is 1. The van der Waals surface area contributed by atoms with Gasteiger partial charge < -0.3 is 29.4 Å². The van der Waals surface area contributed by atoms with Crippen LogP contribution < -0.4 is 24.4 Å². The number of para-hydroxylation sites is 1. The molecule has 0 unspecified atom stereocenters. The van der Waals surface area contributed by atoms with E-state index in [1.807, 2.05) is 24.3 Å². The molecule has 1 saturated heterocycles. The second kappa shape index (κ2) is 13.4. The molecule has 2 N–H and O–H groups in total. The lowest BCUT2D eigenvalue weighted by molar-refractivity contribution is -0.127. The fourth-order valence-corrected chi connectivity index (χ4v) is 5.16. The molecule has 2 amide bonds. The van der Waals surface area contributed by atoms with Crippen molar-refractivity contribution < 1.29 is 33.6 Å². The van der Waals surface area contributed by atoms with E-state index in [2.05, 4.69) is 15.6 Å². The third-order valence-corrected chi connectivity index (χ3v) is 7.25. The minimum absolute atomic E-state index is 0.0813. The number of nitrogens with zero attached hydrogens (tertiary/aromatic N) is 4. The second-order valence-electron chi connectivity index (χ2n) is 9.98. The van der Waals surface area contributed by atoms with Gasteiger partial charge in [0.1, 0.15) is 18.1 Å². The SMILES string of the molecule is CCOc1cc([C@H](C(=O)NC[C@@H]2CCCO2)N(C(=O)Cn2nnc3ccccc32)c2ccc(OC)c(OC)c2)ccc1O. The smallest absolute Gasteiger partial charge is 0.249 e. The third kappa shape index (κ3) is 6.49. The maximum Gasteiger partial charge on any atom is 0.249 e. The Morgan fingerprint density at radius 2 is 1.91 bits per heavy atom. The summed E-state index contributed by atoms with van der Waals surface area (Å²) in [6, 6.07) is 15.8. The van der Waals surface area contributed by atoms with Crippen molar-refractivity contribution in [3.8, 4) is 23.0 Å². The number of carbonyl (C=O) groups excluding carboxylic acids is 2. The van der Waals surface area contributed by atoms with Crippen LogP contribution in [0, 0.1) is 0 Å². The quantitative estimate of drug-likeness (QED) is 0.254. The number of methoxy groups -OCH3 is 2. The zero-order valence-electron chi connectivity index (χ0n) is 24.4. The van der Waals surface area contributed by atoms with Crippen molar-refractivity contribution in [2.45, 2.75) is 38.5 Å². The predicted octanol–water partition coefficient (Wildman–Crippen LogP) is 3.62. The van der Waals surface area contributed by atoms with Crippen molar-refractivity contribution in [3.63, 3.8) is 0 Å². The number of hydrogen-bond acceptors (Lipinski definition) is 9. The number of carbonyl (C=O) groups is 2. The summed E-state index contributed by atoms with van der Waals surface area (Å²) in [5.41, 5.74) is 2.12. The molecule has 2 heterocycles. The molecule has 1 aliphatic rings. The minimum Gasteiger partial charge on any atom is -0.504 e. The summed E-state index contributed by atoms with van der Waals surface area (Å²) >= 11 is 0. The molecule has 2 atom stereocenters. The summed E-state index contributed by atoms with van der Waals surface area (Å²) in [7, 11) is 3.01. The van der Waals surface area contributed by atoms with Crippen LogP contribution in [0.3, 0.4) is 0 Å². The van der Waals surface area contributed by atoms with Gasteiger partial charge >= 0.3 is 0 Å². The summed E-state index contributed by atoms with van der Waals surface area (Å²) in [5.74, 6) is 0.0781. The van der Waals surface area contributed by atoms with Crippen LogP contribution in [-0.2, 0) is 20.9 Å². The van der Waals surface area contributed by atoms with Gasteiger partial charge in [-0.1, -0.05) is 23.4 Å². The van der Waals surface area contributed by atoms with Gasteiger partial charge in [-0.15, -0.1) is 5.10 Å². The lowest BCUT2D eigenvalue weighted by atomic mass is 10.0. The highest BCUT2D eigenvalue weighted by Crippen LogP contribution is 2.38. The van der Waals surface area contributed by atoms with Gasteiger partial charge in [-0.2, -0.15) is 0 Å². The highest BCUT2D eigenvalue weighted by Gasteiger charge is 2.35. The van der Waals surface area contributed by atoms with E-state index in [1.165, 1.54) is 29.9 Å². The van der Waals surface area contributed by atoms with Gasteiger partial charge in [0, 0.05) is 24.9 Å². The van der Waals surface area contributed by atoms with E-state index >= 15 is 0 Å². The zero-order valence-corrected chi connectivity index (χ0v) is 24.4. The molecule has 0 saturated carbocycles. The van der Waals surface area contributed by atoms with Crippen LogP contribution in [0.2, 0.25) is 0 Å². The van der Waals surface area contributed by atoms with E-state index in [1.54, 1.807) is 37.3 Å². The summed E-state index contributed by atoms with van der Waals surface area (Å²) < 4.78 is 23.8. The lowest BCUT2D eigenvalue weighted by Crippen LogP contribution is -2.46. The second-order valence-corrected chi connectivity index (χ2v) is 9.98. The molecule has 1 aliphatic heterocycles. The standard InChI is InChI=1S/C31H35N5O7/c1-4-42-27-16-20(11-13-25(27)37)30(31(39)32-18-22-8-7-15-43-22)36(21-12-14-26(40-2)28(17-21)41-3)29(38)19-35-24-10-6-5-9-23(24)33-34-35/h5-6,9-14,16-17,22,30,37H,4,7-8,15,18-19H2,1-3H3,(H,32,39)/t22-,30+/m0/s1. The Morgan fingerprint density at radius 1 is 1.09 bits per heavy atom. The minimum atomic E-state index is -1.17. The Hall–Kier alpha value is -4.84. The number of rotatable bonds is 12. The Kier molecular flexibility index (Phi) is 9.26. The van der Waals surface area contributed by atoms with Crippen LogP contribution in [0.5, 0.6) is 23.0 Å². The molecule has 226 valence electrons. The Balaban J connectivity index is 1.61. The maximum absolute atomic E-state index is 14.3. The van der Waals surface area contributed by atoms with Crippen LogP contribution in [0.4, 0.5) is 5.69 Å². The number of ether oxygens (including phenoxy) is 4. The van der Waals surface area contributed by atoms with E-state index in [0.29, 0.717) is 47.0 Å². The molecule has 43 heavy (non-hydrogen) atoms. The molecule has 3 aromatic carbocycles. The van der Waals surface area contributed by atoms with Crippen LogP contribution in [-0.4, -0.2) is 72.0 Å².